The summed E-state index contributed by atoms with van der Waals surface area (Å²) < 4.78 is 5.22. The maximum Gasteiger partial charge on any atom is 0.263 e. The number of fused-ring (bicyclic) bond motifs is 1. The minimum absolute atomic E-state index is 0.0630. The molecule has 4 heteroatoms. The van der Waals surface area contributed by atoms with Crippen LogP contribution in [0.25, 0.3) is 0 Å². The number of carbonyl (C=O) groups excluding carboxylic acids is 1. The fourth-order valence-corrected chi connectivity index (χ4v) is 2.05. The number of anilines is 1. The van der Waals surface area contributed by atoms with Crippen LogP contribution in [0.5, 0.6) is 5.75 Å². The molecule has 3 nitrogen and oxygen atoms in total. The molecule has 0 spiro atoms. The van der Waals surface area contributed by atoms with Crippen LogP contribution in [-0.4, -0.2) is 12.5 Å². The molecule has 1 N–H and O–H groups in total. The first kappa shape index (κ1) is 7.61. The summed E-state index contributed by atoms with van der Waals surface area (Å²) in [5.74, 6) is 0.753. The van der Waals surface area contributed by atoms with Gasteiger partial charge in [-0.25, -0.2) is 0 Å². The van der Waals surface area contributed by atoms with E-state index in [2.05, 4.69) is 12.2 Å². The van der Waals surface area contributed by atoms with Crippen LogP contribution in [0, 0.1) is 0 Å². The number of ether oxygens (including phenoxy) is 1. The Balaban J connectivity index is 2.34. The monoisotopic (exact) mass is 183 g/mol. The van der Waals surface area contributed by atoms with Crippen molar-refractivity contribution in [2.45, 2.75) is 13.3 Å². The van der Waals surface area contributed by atoms with Gasteiger partial charge in [0.15, 0.2) is 12.4 Å². The van der Waals surface area contributed by atoms with Crippen molar-refractivity contribution in [2.75, 3.05) is 11.9 Å². The van der Waals surface area contributed by atoms with Gasteiger partial charge in [-0.1, -0.05) is 6.92 Å². The Kier molecular flexibility index (Phi) is 1.77. The second-order valence-electron chi connectivity index (χ2n) is 2.60. The lowest BCUT2D eigenvalue weighted by molar-refractivity contribution is -0.118. The van der Waals surface area contributed by atoms with Crippen molar-refractivity contribution in [3.05, 3.63) is 10.9 Å². The summed E-state index contributed by atoms with van der Waals surface area (Å²) in [6, 6.07) is 1.99. The number of thiophene rings is 1. The lowest BCUT2D eigenvalue weighted by atomic mass is 10.3. The first-order valence-electron chi connectivity index (χ1n) is 3.85. The summed E-state index contributed by atoms with van der Waals surface area (Å²) >= 11 is 1.58. The summed E-state index contributed by atoms with van der Waals surface area (Å²) in [4.78, 5) is 12.1. The molecular weight excluding hydrogens is 174 g/mol. The highest BCUT2D eigenvalue weighted by Gasteiger charge is 2.18. The third-order valence-corrected chi connectivity index (χ3v) is 2.89. The van der Waals surface area contributed by atoms with Crippen LogP contribution in [0.1, 0.15) is 11.8 Å². The van der Waals surface area contributed by atoms with E-state index in [-0.39, 0.29) is 12.5 Å². The van der Waals surface area contributed by atoms with E-state index < -0.39 is 0 Å². The van der Waals surface area contributed by atoms with Gasteiger partial charge >= 0.3 is 0 Å². The molecule has 1 aromatic heterocycles. The standard InChI is InChI=1S/C8H9NO2S/c1-2-5-3-6-8(12-5)9-7(10)4-11-6/h3H,2,4H2,1H3,(H,9,10). The molecule has 2 heterocycles. The first-order valence-corrected chi connectivity index (χ1v) is 4.66. The minimum Gasteiger partial charge on any atom is -0.481 e. The van der Waals surface area contributed by atoms with Crippen LogP contribution >= 0.6 is 11.3 Å². The average Bonchev–Trinajstić information content (AvgIpc) is 2.46. The first-order chi connectivity index (χ1) is 5.79. The van der Waals surface area contributed by atoms with E-state index in [1.807, 2.05) is 6.07 Å². The Morgan fingerprint density at radius 1 is 1.75 bits per heavy atom. The maximum atomic E-state index is 10.9. The molecule has 12 heavy (non-hydrogen) atoms. The van der Waals surface area contributed by atoms with Gasteiger partial charge < -0.3 is 10.1 Å². The molecule has 0 radical (unpaired) electrons. The largest absolute Gasteiger partial charge is 0.481 e. The molecule has 0 saturated carbocycles. The van der Waals surface area contributed by atoms with Crippen LogP contribution in [0.2, 0.25) is 0 Å². The number of hydrogen-bond donors (Lipinski definition) is 1. The highest BCUT2D eigenvalue weighted by atomic mass is 32.1. The van der Waals surface area contributed by atoms with Crippen LogP contribution in [-0.2, 0) is 11.2 Å². The van der Waals surface area contributed by atoms with E-state index >= 15 is 0 Å². The van der Waals surface area contributed by atoms with Crippen molar-refractivity contribution >= 4 is 22.2 Å². The van der Waals surface area contributed by atoms with Crippen molar-refractivity contribution in [3.63, 3.8) is 0 Å². The summed E-state index contributed by atoms with van der Waals surface area (Å²) in [5, 5.41) is 3.62. The quantitative estimate of drug-likeness (QED) is 0.718. The van der Waals surface area contributed by atoms with Crippen molar-refractivity contribution in [2.24, 2.45) is 0 Å². The van der Waals surface area contributed by atoms with Crippen molar-refractivity contribution in [3.8, 4) is 5.75 Å². The fourth-order valence-electron chi connectivity index (χ4n) is 1.10. The topological polar surface area (TPSA) is 38.3 Å². The molecule has 0 bridgehead atoms. The Morgan fingerprint density at radius 2 is 2.58 bits per heavy atom. The summed E-state index contributed by atoms with van der Waals surface area (Å²) in [5.41, 5.74) is 0. The molecule has 0 aliphatic carbocycles. The molecule has 0 aromatic carbocycles. The van der Waals surface area contributed by atoms with E-state index in [9.17, 15) is 4.79 Å². The van der Waals surface area contributed by atoms with Crippen molar-refractivity contribution < 1.29 is 9.53 Å². The van der Waals surface area contributed by atoms with Crippen molar-refractivity contribution in [1.82, 2.24) is 0 Å². The molecule has 0 atom stereocenters. The highest BCUT2D eigenvalue weighted by Crippen LogP contribution is 2.36. The summed E-state index contributed by atoms with van der Waals surface area (Å²) in [7, 11) is 0. The van der Waals surface area contributed by atoms with Crippen LogP contribution in [0.3, 0.4) is 0 Å². The van der Waals surface area contributed by atoms with Gasteiger partial charge in [-0.05, 0) is 12.5 Å². The van der Waals surface area contributed by atoms with Gasteiger partial charge in [0, 0.05) is 4.88 Å². The highest BCUT2D eigenvalue weighted by molar-refractivity contribution is 7.16. The van der Waals surface area contributed by atoms with Gasteiger partial charge in [0.1, 0.15) is 5.00 Å². The molecule has 1 amide bonds. The third-order valence-electron chi connectivity index (χ3n) is 1.71. The number of carbonyl (C=O) groups is 1. The molecule has 1 aliphatic rings. The fraction of sp³-hybridized carbons (Fsp3) is 0.375. The van der Waals surface area contributed by atoms with Gasteiger partial charge in [-0.2, -0.15) is 0 Å². The molecule has 64 valence electrons. The molecule has 0 fully saturated rings. The molecule has 0 unspecified atom stereocenters. The Labute approximate surface area is 74.4 Å². The Morgan fingerprint density at radius 3 is 3.33 bits per heavy atom. The van der Waals surface area contributed by atoms with Crippen LogP contribution in [0.4, 0.5) is 5.00 Å². The second kappa shape index (κ2) is 2.79. The van der Waals surface area contributed by atoms with Gasteiger partial charge in [-0.15, -0.1) is 11.3 Å². The second-order valence-corrected chi connectivity index (χ2v) is 3.73. The van der Waals surface area contributed by atoms with E-state index in [4.69, 9.17) is 4.74 Å². The summed E-state index contributed by atoms with van der Waals surface area (Å²) in [6.45, 7) is 2.23. The summed E-state index contributed by atoms with van der Waals surface area (Å²) in [6.07, 6.45) is 0.983. The van der Waals surface area contributed by atoms with Crippen LogP contribution in [0.15, 0.2) is 6.07 Å². The lowest BCUT2D eigenvalue weighted by Crippen LogP contribution is -2.23. The van der Waals surface area contributed by atoms with Gasteiger partial charge in [0.2, 0.25) is 0 Å². The van der Waals surface area contributed by atoms with E-state index in [0.717, 1.165) is 17.2 Å². The lowest BCUT2D eigenvalue weighted by Gasteiger charge is -2.12. The smallest absolute Gasteiger partial charge is 0.263 e. The number of amides is 1. The minimum atomic E-state index is -0.0630. The maximum absolute atomic E-state index is 10.9. The van der Waals surface area contributed by atoms with Crippen molar-refractivity contribution in [1.29, 1.82) is 0 Å². The average molecular weight is 183 g/mol. The molecule has 1 aromatic rings. The normalized spacial score (nSPS) is 14.9. The zero-order valence-corrected chi connectivity index (χ0v) is 7.53. The zero-order chi connectivity index (χ0) is 8.55. The zero-order valence-electron chi connectivity index (χ0n) is 6.72. The van der Waals surface area contributed by atoms with Gasteiger partial charge in [0.05, 0.1) is 0 Å². The SMILES string of the molecule is CCc1cc2c(s1)NC(=O)CO2. The Hall–Kier alpha value is -1.03. The molecule has 1 aliphatic heterocycles. The van der Waals surface area contributed by atoms with Gasteiger partial charge in [-0.3, -0.25) is 4.79 Å². The third kappa shape index (κ3) is 1.18. The number of hydrogen-bond acceptors (Lipinski definition) is 3. The predicted octanol–water partition coefficient (Wildman–Crippen LogP) is 1.64. The van der Waals surface area contributed by atoms with E-state index in [1.165, 1.54) is 4.88 Å². The van der Waals surface area contributed by atoms with E-state index in [0.29, 0.717) is 0 Å². The molecule has 0 saturated heterocycles. The Bertz CT molecular complexity index is 319. The molecular formula is C8H9NO2S. The van der Waals surface area contributed by atoms with Gasteiger partial charge in [0.25, 0.3) is 5.91 Å². The number of rotatable bonds is 1. The van der Waals surface area contributed by atoms with Crippen LogP contribution < -0.4 is 10.1 Å². The molecule has 2 rings (SSSR count). The number of aryl methyl sites for hydroxylation is 1. The van der Waals surface area contributed by atoms with E-state index in [1.54, 1.807) is 11.3 Å². The predicted molar refractivity (Wildman–Crippen MR) is 47.8 cm³/mol. The number of nitrogens with one attached hydrogen (secondary N) is 1.